The van der Waals surface area contributed by atoms with E-state index in [4.69, 9.17) is 27.9 Å². The summed E-state index contributed by atoms with van der Waals surface area (Å²) >= 11 is 12.6. The van der Waals surface area contributed by atoms with E-state index in [1.165, 1.54) is 51.1 Å². The summed E-state index contributed by atoms with van der Waals surface area (Å²) in [4.78, 5) is 28.8. The van der Waals surface area contributed by atoms with E-state index >= 15 is 0 Å². The van der Waals surface area contributed by atoms with Gasteiger partial charge in [0.05, 0.1) is 22.6 Å². The van der Waals surface area contributed by atoms with Crippen molar-refractivity contribution in [1.29, 1.82) is 0 Å². The average Bonchev–Trinajstić information content (AvgIpc) is 2.86. The van der Waals surface area contributed by atoms with Crippen molar-refractivity contribution in [3.8, 4) is 22.8 Å². The number of rotatable bonds is 6. The van der Waals surface area contributed by atoms with Crippen molar-refractivity contribution in [1.82, 2.24) is 24.5 Å². The monoisotopic (exact) mass is 583 g/mol. The summed E-state index contributed by atoms with van der Waals surface area (Å²) in [6, 6.07) is 7.59. The number of benzene rings is 1. The normalized spacial score (nSPS) is 12.1. The van der Waals surface area contributed by atoms with Gasteiger partial charge in [0.25, 0.3) is 5.56 Å². The van der Waals surface area contributed by atoms with Crippen LogP contribution in [0.5, 0.6) is 5.88 Å². The molecule has 39 heavy (non-hydrogen) atoms. The van der Waals surface area contributed by atoms with E-state index in [9.17, 15) is 27.5 Å². The molecule has 0 aliphatic heterocycles. The molecule has 0 bridgehead atoms. The summed E-state index contributed by atoms with van der Waals surface area (Å²) in [7, 11) is 0. The van der Waals surface area contributed by atoms with Gasteiger partial charge in [-0.3, -0.25) is 9.36 Å². The molecule has 0 fully saturated rings. The number of pyridine rings is 1. The van der Waals surface area contributed by atoms with Crippen LogP contribution < -0.4 is 10.3 Å². The molecule has 0 saturated carbocycles. The van der Waals surface area contributed by atoms with Gasteiger partial charge in [-0.05, 0) is 45.0 Å². The van der Waals surface area contributed by atoms with E-state index in [0.29, 0.717) is 0 Å². The highest BCUT2D eigenvalue weighted by molar-refractivity contribution is 6.33. The van der Waals surface area contributed by atoms with E-state index in [2.05, 4.69) is 19.9 Å². The SMILES string of the molecule is Cc1nc(OCc2cccc(C(F)(F)F)n2)c(Cl)c(=O)n1-c1cc(-c2nc(C(C)(C)O)ncc2F)ccc1Cl. The lowest BCUT2D eigenvalue weighted by Gasteiger charge is -2.17. The van der Waals surface area contributed by atoms with Gasteiger partial charge in [-0.15, -0.1) is 0 Å². The fourth-order valence-corrected chi connectivity index (χ4v) is 3.90. The highest BCUT2D eigenvalue weighted by Gasteiger charge is 2.32. The summed E-state index contributed by atoms with van der Waals surface area (Å²) in [6.07, 6.45) is -3.72. The van der Waals surface area contributed by atoms with Gasteiger partial charge in [0.1, 0.15) is 29.4 Å². The zero-order chi connectivity index (χ0) is 28.7. The Kier molecular flexibility index (Phi) is 7.66. The van der Waals surface area contributed by atoms with Crippen LogP contribution in [0, 0.1) is 12.7 Å². The van der Waals surface area contributed by atoms with Crippen LogP contribution in [0.15, 0.2) is 47.4 Å². The third-order valence-corrected chi connectivity index (χ3v) is 6.01. The number of alkyl halides is 3. The average molecular weight is 584 g/mol. The van der Waals surface area contributed by atoms with Crippen molar-refractivity contribution in [2.24, 2.45) is 0 Å². The highest BCUT2D eigenvalue weighted by Crippen LogP contribution is 2.31. The van der Waals surface area contributed by atoms with Crippen LogP contribution in [0.4, 0.5) is 17.6 Å². The summed E-state index contributed by atoms with van der Waals surface area (Å²) in [5, 5.41) is 9.85. The Morgan fingerprint density at radius 3 is 2.46 bits per heavy atom. The molecule has 204 valence electrons. The predicted octanol–water partition coefficient (Wildman–Crippen LogP) is 5.66. The number of aromatic nitrogens is 5. The Bertz CT molecular complexity index is 1620. The van der Waals surface area contributed by atoms with Crippen LogP contribution >= 0.6 is 23.2 Å². The second-order valence-corrected chi connectivity index (χ2v) is 9.62. The molecule has 0 saturated heterocycles. The Labute approximate surface area is 228 Å². The highest BCUT2D eigenvalue weighted by atomic mass is 35.5. The zero-order valence-corrected chi connectivity index (χ0v) is 22.0. The Balaban J connectivity index is 1.71. The Morgan fingerprint density at radius 2 is 1.79 bits per heavy atom. The van der Waals surface area contributed by atoms with E-state index in [0.717, 1.165) is 16.8 Å². The minimum atomic E-state index is -4.64. The smallest absolute Gasteiger partial charge is 0.433 e. The van der Waals surface area contributed by atoms with Crippen molar-refractivity contribution in [2.75, 3.05) is 0 Å². The largest absolute Gasteiger partial charge is 0.470 e. The van der Waals surface area contributed by atoms with Gasteiger partial charge < -0.3 is 9.84 Å². The fourth-order valence-electron chi connectivity index (χ4n) is 3.52. The number of ether oxygens (including phenoxy) is 1. The van der Waals surface area contributed by atoms with Crippen LogP contribution in [0.1, 0.15) is 36.9 Å². The molecule has 3 heterocycles. The summed E-state index contributed by atoms with van der Waals surface area (Å²) < 4.78 is 59.9. The number of hydrogen-bond donors (Lipinski definition) is 1. The first kappa shape index (κ1) is 28.4. The van der Waals surface area contributed by atoms with Crippen molar-refractivity contribution in [2.45, 2.75) is 39.2 Å². The van der Waals surface area contributed by atoms with Crippen molar-refractivity contribution >= 4 is 23.2 Å². The van der Waals surface area contributed by atoms with Crippen molar-refractivity contribution in [3.63, 3.8) is 0 Å². The molecule has 3 aromatic heterocycles. The summed E-state index contributed by atoms with van der Waals surface area (Å²) in [5.74, 6) is -1.05. The van der Waals surface area contributed by atoms with Crippen molar-refractivity contribution < 1.29 is 27.4 Å². The first-order valence-electron chi connectivity index (χ1n) is 11.2. The second kappa shape index (κ2) is 10.5. The molecule has 0 atom stereocenters. The Hall–Kier alpha value is -3.61. The van der Waals surface area contributed by atoms with Crippen molar-refractivity contribution in [3.05, 3.63) is 91.8 Å². The van der Waals surface area contributed by atoms with Gasteiger partial charge in [0.15, 0.2) is 16.7 Å². The Morgan fingerprint density at radius 1 is 1.08 bits per heavy atom. The molecule has 0 aliphatic carbocycles. The zero-order valence-electron chi connectivity index (χ0n) is 20.5. The quantitative estimate of drug-likeness (QED) is 0.292. The molecule has 0 spiro atoms. The van der Waals surface area contributed by atoms with Crippen LogP contribution in [-0.4, -0.2) is 29.6 Å². The number of nitrogens with zero attached hydrogens (tertiary/aromatic N) is 5. The van der Waals surface area contributed by atoms with Gasteiger partial charge in [-0.2, -0.15) is 18.2 Å². The fraction of sp³-hybridized carbons (Fsp3) is 0.240. The van der Waals surface area contributed by atoms with Crippen LogP contribution in [-0.2, 0) is 18.4 Å². The maximum absolute atomic E-state index is 14.6. The molecule has 1 N–H and O–H groups in total. The number of aryl methyl sites for hydroxylation is 1. The van der Waals surface area contributed by atoms with Gasteiger partial charge in [0.2, 0.25) is 5.88 Å². The molecule has 8 nitrogen and oxygen atoms in total. The maximum Gasteiger partial charge on any atom is 0.433 e. The number of halogens is 6. The molecule has 1 aromatic carbocycles. The van der Waals surface area contributed by atoms with Crippen LogP contribution in [0.2, 0.25) is 10.0 Å². The topological polar surface area (TPSA) is 103 Å². The second-order valence-electron chi connectivity index (χ2n) is 8.83. The van der Waals surface area contributed by atoms with Crippen LogP contribution in [0.25, 0.3) is 16.9 Å². The summed E-state index contributed by atoms with van der Waals surface area (Å²) in [5.41, 5.74) is -3.22. The molecule has 4 rings (SSSR count). The molecule has 0 unspecified atom stereocenters. The van der Waals surface area contributed by atoms with E-state index in [1.807, 2.05) is 0 Å². The molecule has 0 aliphatic rings. The molecular weight excluding hydrogens is 565 g/mol. The molecule has 4 aromatic rings. The maximum atomic E-state index is 14.6. The molecule has 0 radical (unpaired) electrons. The predicted molar refractivity (Wildman–Crippen MR) is 134 cm³/mol. The number of hydrogen-bond acceptors (Lipinski definition) is 7. The van der Waals surface area contributed by atoms with Gasteiger partial charge in [0, 0.05) is 5.56 Å². The minimum Gasteiger partial charge on any atom is -0.470 e. The third kappa shape index (κ3) is 6.02. The van der Waals surface area contributed by atoms with Gasteiger partial charge in [-0.1, -0.05) is 35.3 Å². The van der Waals surface area contributed by atoms with E-state index in [-0.39, 0.29) is 45.2 Å². The van der Waals surface area contributed by atoms with Gasteiger partial charge >= 0.3 is 6.18 Å². The standard InChI is InChI=1S/C25H19Cl2F4N5O3/c1-12-33-21(39-11-14-5-4-6-18(34-14)25(29,30)31)19(27)22(37)36(12)17-9-13(7-8-15(17)26)20-16(28)10-32-23(35-20)24(2,3)38/h4-10,38H,11H2,1-3H3. The molecular formula is C25H19Cl2F4N5O3. The van der Waals surface area contributed by atoms with E-state index in [1.54, 1.807) is 0 Å². The van der Waals surface area contributed by atoms with Gasteiger partial charge in [-0.25, -0.2) is 19.3 Å². The van der Waals surface area contributed by atoms with Crippen LogP contribution in [0.3, 0.4) is 0 Å². The lowest BCUT2D eigenvalue weighted by Crippen LogP contribution is -2.24. The van der Waals surface area contributed by atoms with E-state index < -0.39 is 40.5 Å². The first-order chi connectivity index (χ1) is 18.2. The molecule has 0 amide bonds. The first-order valence-corrected chi connectivity index (χ1v) is 11.9. The lowest BCUT2D eigenvalue weighted by molar-refractivity contribution is -0.141. The third-order valence-electron chi connectivity index (χ3n) is 5.37. The molecule has 14 heteroatoms. The minimum absolute atomic E-state index is 0.0229. The summed E-state index contributed by atoms with van der Waals surface area (Å²) in [6.45, 7) is 3.90. The number of aliphatic hydroxyl groups is 1. The lowest BCUT2D eigenvalue weighted by atomic mass is 10.1.